The lowest BCUT2D eigenvalue weighted by Crippen LogP contribution is -2.30. The molecule has 0 aliphatic heterocycles. The molecule has 1 N–H and O–H groups in total. The molecule has 1 fully saturated rings. The summed E-state index contributed by atoms with van der Waals surface area (Å²) in [6.45, 7) is 5.88. The molecule has 0 amide bonds. The van der Waals surface area contributed by atoms with E-state index in [4.69, 9.17) is 0 Å². The van der Waals surface area contributed by atoms with Gasteiger partial charge < -0.3 is 5.32 Å². The Morgan fingerprint density at radius 3 is 2.36 bits per heavy atom. The van der Waals surface area contributed by atoms with Crippen molar-refractivity contribution in [1.82, 2.24) is 5.32 Å². The van der Waals surface area contributed by atoms with E-state index in [1.807, 2.05) is 7.05 Å². The van der Waals surface area contributed by atoms with Crippen LogP contribution in [0.5, 0.6) is 0 Å². The van der Waals surface area contributed by atoms with Crippen LogP contribution in [0.25, 0.3) is 0 Å². The Hall–Kier alpha value is -0.0400. The van der Waals surface area contributed by atoms with Crippen LogP contribution in [0, 0.1) is 11.3 Å². The van der Waals surface area contributed by atoms with Gasteiger partial charge in [0.15, 0.2) is 0 Å². The van der Waals surface area contributed by atoms with Gasteiger partial charge in [-0.2, -0.15) is 0 Å². The van der Waals surface area contributed by atoms with Gasteiger partial charge in [-0.1, -0.05) is 33.1 Å². The van der Waals surface area contributed by atoms with E-state index < -0.39 is 0 Å². The van der Waals surface area contributed by atoms with E-state index in [9.17, 15) is 0 Å². The van der Waals surface area contributed by atoms with Gasteiger partial charge >= 0.3 is 0 Å². The van der Waals surface area contributed by atoms with Crippen molar-refractivity contribution in [2.45, 2.75) is 39.5 Å². The molecule has 1 aliphatic carbocycles. The Bertz CT molecular complexity index is 114. The summed E-state index contributed by atoms with van der Waals surface area (Å²) in [5.41, 5.74) is 0.514. The average molecular weight is 155 g/mol. The molecule has 66 valence electrons. The second-order valence-electron chi connectivity index (χ2n) is 4.70. The summed E-state index contributed by atoms with van der Waals surface area (Å²) in [5.74, 6) is 1.04. The van der Waals surface area contributed by atoms with Gasteiger partial charge in [-0.25, -0.2) is 0 Å². The average Bonchev–Trinajstić information content (AvgIpc) is 1.79. The van der Waals surface area contributed by atoms with Gasteiger partial charge in [0, 0.05) is 0 Å². The normalized spacial score (nSPS) is 19.9. The molecule has 0 radical (unpaired) electrons. The summed E-state index contributed by atoms with van der Waals surface area (Å²) in [7, 11) is 2.04. The highest BCUT2D eigenvalue weighted by Gasteiger charge is 2.26. The maximum atomic E-state index is 3.26. The number of nitrogens with one attached hydrogen (secondary N) is 1. The molecule has 1 aliphatic rings. The first-order valence-corrected chi connectivity index (χ1v) is 4.79. The molecule has 0 aromatic rings. The monoisotopic (exact) mass is 155 g/mol. The van der Waals surface area contributed by atoms with Crippen molar-refractivity contribution < 1.29 is 0 Å². The van der Waals surface area contributed by atoms with Crippen LogP contribution < -0.4 is 5.32 Å². The molecule has 1 nitrogen and oxygen atoms in total. The number of hydrogen-bond donors (Lipinski definition) is 1. The van der Waals surface area contributed by atoms with E-state index in [-0.39, 0.29) is 0 Å². The van der Waals surface area contributed by atoms with E-state index in [0.29, 0.717) is 5.41 Å². The third-order valence-corrected chi connectivity index (χ3v) is 2.72. The Morgan fingerprint density at radius 2 is 2.00 bits per heavy atom. The highest BCUT2D eigenvalue weighted by molar-refractivity contribution is 4.79. The summed E-state index contributed by atoms with van der Waals surface area (Å²) in [6, 6.07) is 0. The molecule has 0 heterocycles. The molecule has 1 heteroatoms. The molecule has 0 unspecified atom stereocenters. The Labute approximate surface area is 70.6 Å². The lowest BCUT2D eigenvalue weighted by atomic mass is 9.73. The van der Waals surface area contributed by atoms with Crippen LogP contribution in [0.1, 0.15) is 39.5 Å². The molecule has 1 saturated carbocycles. The van der Waals surface area contributed by atoms with E-state index >= 15 is 0 Å². The minimum Gasteiger partial charge on any atom is -0.319 e. The van der Waals surface area contributed by atoms with Crippen molar-refractivity contribution in [3.63, 3.8) is 0 Å². The highest BCUT2D eigenvalue weighted by atomic mass is 14.8. The van der Waals surface area contributed by atoms with Gasteiger partial charge in [0.1, 0.15) is 0 Å². The van der Waals surface area contributed by atoms with Crippen LogP contribution in [0.3, 0.4) is 0 Å². The third kappa shape index (κ3) is 2.82. The summed E-state index contributed by atoms with van der Waals surface area (Å²) in [4.78, 5) is 0. The Kier molecular flexibility index (Phi) is 2.94. The van der Waals surface area contributed by atoms with Crippen molar-refractivity contribution in [2.75, 3.05) is 13.6 Å². The summed E-state index contributed by atoms with van der Waals surface area (Å²) in [5, 5.41) is 3.26. The summed E-state index contributed by atoms with van der Waals surface area (Å²) in [6.07, 6.45) is 5.84. The van der Waals surface area contributed by atoms with Crippen LogP contribution in [-0.4, -0.2) is 13.6 Å². The zero-order valence-corrected chi connectivity index (χ0v) is 8.11. The molecule has 0 aromatic heterocycles. The van der Waals surface area contributed by atoms with Crippen LogP contribution in [0.15, 0.2) is 0 Å². The predicted molar refractivity (Wildman–Crippen MR) is 49.7 cm³/mol. The van der Waals surface area contributed by atoms with Crippen molar-refractivity contribution in [3.05, 3.63) is 0 Å². The smallest absolute Gasteiger partial charge is 0.0000385 e. The van der Waals surface area contributed by atoms with Crippen molar-refractivity contribution >= 4 is 0 Å². The standard InChI is InChI=1S/C10H21N/c1-10(2,8-11-3)7-9-5-4-6-9/h9,11H,4-8H2,1-3H3. The lowest BCUT2D eigenvalue weighted by molar-refractivity contribution is 0.190. The zero-order valence-electron chi connectivity index (χ0n) is 8.11. The molecule has 0 bridgehead atoms. The molecule has 0 spiro atoms. The topological polar surface area (TPSA) is 12.0 Å². The fraction of sp³-hybridized carbons (Fsp3) is 1.00. The fourth-order valence-electron chi connectivity index (χ4n) is 2.03. The van der Waals surface area contributed by atoms with Gasteiger partial charge in [-0.15, -0.1) is 0 Å². The SMILES string of the molecule is CNCC(C)(C)CC1CCC1. The Morgan fingerprint density at radius 1 is 1.36 bits per heavy atom. The quantitative estimate of drug-likeness (QED) is 0.657. The van der Waals surface area contributed by atoms with E-state index in [1.165, 1.54) is 25.7 Å². The van der Waals surface area contributed by atoms with Crippen LogP contribution in [-0.2, 0) is 0 Å². The predicted octanol–water partition coefficient (Wildman–Crippen LogP) is 2.42. The van der Waals surface area contributed by atoms with Gasteiger partial charge in [-0.05, 0) is 31.3 Å². The summed E-state index contributed by atoms with van der Waals surface area (Å²) >= 11 is 0. The fourth-order valence-corrected chi connectivity index (χ4v) is 2.03. The van der Waals surface area contributed by atoms with Gasteiger partial charge in [0.25, 0.3) is 0 Å². The molecule has 1 rings (SSSR count). The second-order valence-corrected chi connectivity index (χ2v) is 4.70. The molecule has 0 aromatic carbocycles. The van der Waals surface area contributed by atoms with Crippen LogP contribution in [0.4, 0.5) is 0 Å². The first-order valence-electron chi connectivity index (χ1n) is 4.79. The van der Waals surface area contributed by atoms with Crippen LogP contribution >= 0.6 is 0 Å². The largest absolute Gasteiger partial charge is 0.319 e. The van der Waals surface area contributed by atoms with Gasteiger partial charge in [0.2, 0.25) is 0 Å². The van der Waals surface area contributed by atoms with E-state index in [0.717, 1.165) is 12.5 Å². The highest BCUT2D eigenvalue weighted by Crippen LogP contribution is 2.36. The van der Waals surface area contributed by atoms with Crippen molar-refractivity contribution in [1.29, 1.82) is 0 Å². The van der Waals surface area contributed by atoms with E-state index in [2.05, 4.69) is 19.2 Å². The number of hydrogen-bond acceptors (Lipinski definition) is 1. The lowest BCUT2D eigenvalue weighted by Gasteiger charge is -2.34. The van der Waals surface area contributed by atoms with Crippen molar-refractivity contribution in [2.24, 2.45) is 11.3 Å². The Balaban J connectivity index is 2.20. The van der Waals surface area contributed by atoms with Crippen LogP contribution in [0.2, 0.25) is 0 Å². The molecular weight excluding hydrogens is 134 g/mol. The molecule has 0 saturated heterocycles. The third-order valence-electron chi connectivity index (χ3n) is 2.72. The minimum atomic E-state index is 0.514. The van der Waals surface area contributed by atoms with Gasteiger partial charge in [0.05, 0.1) is 0 Å². The maximum absolute atomic E-state index is 3.26. The molecule has 11 heavy (non-hydrogen) atoms. The molecular formula is C10H21N. The zero-order chi connectivity index (χ0) is 8.32. The first-order chi connectivity index (χ1) is 5.14. The number of rotatable bonds is 4. The minimum absolute atomic E-state index is 0.514. The summed E-state index contributed by atoms with van der Waals surface area (Å²) < 4.78 is 0. The van der Waals surface area contributed by atoms with E-state index in [1.54, 1.807) is 0 Å². The maximum Gasteiger partial charge on any atom is -0.0000385 e. The first kappa shape index (κ1) is 9.05. The van der Waals surface area contributed by atoms with Gasteiger partial charge in [-0.3, -0.25) is 0 Å². The van der Waals surface area contributed by atoms with Crippen molar-refractivity contribution in [3.8, 4) is 0 Å². The molecule has 0 atom stereocenters. The second kappa shape index (κ2) is 3.57.